The Morgan fingerprint density at radius 2 is 1.89 bits per heavy atom. The zero-order valence-corrected chi connectivity index (χ0v) is 16.9. The molecule has 3 rings (SSSR count). The lowest BCUT2D eigenvalue weighted by Crippen LogP contribution is -2.54. The van der Waals surface area contributed by atoms with Crippen LogP contribution in [0.3, 0.4) is 0 Å². The van der Waals surface area contributed by atoms with Gasteiger partial charge in [0.05, 0.1) is 24.2 Å². The summed E-state index contributed by atoms with van der Waals surface area (Å²) < 4.78 is 38.7. The first-order valence-electron chi connectivity index (χ1n) is 9.46. The van der Waals surface area contributed by atoms with Crippen LogP contribution in [-0.2, 0) is 14.8 Å². The summed E-state index contributed by atoms with van der Waals surface area (Å²) in [5, 5.41) is 2.77. The van der Waals surface area contributed by atoms with E-state index in [9.17, 15) is 13.2 Å². The number of rotatable bonds is 6. The van der Waals surface area contributed by atoms with Crippen molar-refractivity contribution in [2.75, 3.05) is 45.9 Å². The number of carbonyl (C=O) groups excluding carboxylic acids is 1. The van der Waals surface area contributed by atoms with Crippen LogP contribution < -0.4 is 14.8 Å². The quantitative estimate of drug-likeness (QED) is 0.701. The molecule has 1 aromatic rings. The number of fused-ring (bicyclic) bond motifs is 1. The van der Waals surface area contributed by atoms with E-state index in [1.807, 2.05) is 11.8 Å². The molecule has 2 aliphatic rings. The molecule has 1 saturated heterocycles. The second kappa shape index (κ2) is 8.93. The van der Waals surface area contributed by atoms with Crippen molar-refractivity contribution in [1.82, 2.24) is 14.5 Å². The molecule has 2 aliphatic heterocycles. The molecule has 0 spiro atoms. The lowest BCUT2D eigenvalue weighted by Gasteiger charge is -2.36. The maximum Gasteiger partial charge on any atom is 0.243 e. The molecule has 154 valence electrons. The van der Waals surface area contributed by atoms with Gasteiger partial charge in [0.25, 0.3) is 0 Å². The molecule has 1 aromatic carbocycles. The molecule has 1 atom stereocenters. The highest BCUT2D eigenvalue weighted by molar-refractivity contribution is 7.89. The standard InChI is InChI=1S/C19H27N3O5S/c1-3-7-20-19(23)15(2)21-8-10-22(11-9-21)28(24,25)16-5-6-17-18(14-16)27-13-4-12-26-17/h3,5-6,14-15H,1,4,7-13H2,2H3,(H,20,23). The molecule has 1 fully saturated rings. The molecule has 0 aliphatic carbocycles. The van der Waals surface area contributed by atoms with Gasteiger partial charge in [-0.15, -0.1) is 6.58 Å². The van der Waals surface area contributed by atoms with Gasteiger partial charge < -0.3 is 14.8 Å². The zero-order valence-electron chi connectivity index (χ0n) is 16.1. The predicted molar refractivity (Wildman–Crippen MR) is 105 cm³/mol. The third-order valence-electron chi connectivity index (χ3n) is 4.98. The summed E-state index contributed by atoms with van der Waals surface area (Å²) in [5.74, 6) is 0.949. The minimum atomic E-state index is -3.63. The molecule has 0 aromatic heterocycles. The minimum absolute atomic E-state index is 0.0842. The normalized spacial score (nSPS) is 19.5. The van der Waals surface area contributed by atoms with Crippen LogP contribution in [-0.4, -0.2) is 75.5 Å². The number of hydrogen-bond acceptors (Lipinski definition) is 6. The van der Waals surface area contributed by atoms with Crippen LogP contribution in [0, 0.1) is 0 Å². The van der Waals surface area contributed by atoms with Crippen molar-refractivity contribution >= 4 is 15.9 Å². The first-order valence-corrected chi connectivity index (χ1v) is 10.9. The van der Waals surface area contributed by atoms with Crippen molar-refractivity contribution in [3.63, 3.8) is 0 Å². The fraction of sp³-hybridized carbons (Fsp3) is 0.526. The van der Waals surface area contributed by atoms with Gasteiger partial charge in [-0.1, -0.05) is 6.08 Å². The summed E-state index contributed by atoms with van der Waals surface area (Å²) in [6.45, 7) is 8.53. The van der Waals surface area contributed by atoms with E-state index in [0.29, 0.717) is 57.4 Å². The van der Waals surface area contributed by atoms with Gasteiger partial charge in [-0.3, -0.25) is 9.69 Å². The van der Waals surface area contributed by atoms with Crippen LogP contribution in [0.25, 0.3) is 0 Å². The summed E-state index contributed by atoms with van der Waals surface area (Å²) in [6, 6.07) is 4.42. The highest BCUT2D eigenvalue weighted by Gasteiger charge is 2.32. The van der Waals surface area contributed by atoms with Gasteiger partial charge in [0.1, 0.15) is 0 Å². The zero-order chi connectivity index (χ0) is 20.1. The SMILES string of the molecule is C=CCNC(=O)C(C)N1CCN(S(=O)(=O)c2ccc3c(c2)OCCCO3)CC1. The van der Waals surface area contributed by atoms with Crippen LogP contribution >= 0.6 is 0 Å². The molecule has 1 unspecified atom stereocenters. The molecular weight excluding hydrogens is 382 g/mol. The second-order valence-electron chi connectivity index (χ2n) is 6.81. The van der Waals surface area contributed by atoms with Gasteiger partial charge in [0.2, 0.25) is 15.9 Å². The fourth-order valence-corrected chi connectivity index (χ4v) is 4.71. The predicted octanol–water partition coefficient (Wildman–Crippen LogP) is 0.845. The first kappa shape index (κ1) is 20.6. The monoisotopic (exact) mass is 409 g/mol. The smallest absolute Gasteiger partial charge is 0.243 e. The van der Waals surface area contributed by atoms with Gasteiger partial charge in [0, 0.05) is 45.2 Å². The Bertz CT molecular complexity index is 819. The topological polar surface area (TPSA) is 88.2 Å². The summed E-state index contributed by atoms with van der Waals surface area (Å²) in [7, 11) is -3.63. The number of carbonyl (C=O) groups is 1. The molecule has 0 radical (unpaired) electrons. The lowest BCUT2D eigenvalue weighted by molar-refractivity contribution is -0.126. The van der Waals surface area contributed by atoms with Gasteiger partial charge in [-0.25, -0.2) is 8.42 Å². The number of amides is 1. The van der Waals surface area contributed by atoms with Crippen LogP contribution in [0.1, 0.15) is 13.3 Å². The third kappa shape index (κ3) is 4.48. The first-order chi connectivity index (χ1) is 13.4. The van der Waals surface area contributed by atoms with Crippen molar-refractivity contribution in [3.8, 4) is 11.5 Å². The molecule has 0 saturated carbocycles. The molecule has 0 bridgehead atoms. The van der Waals surface area contributed by atoms with E-state index in [0.717, 1.165) is 6.42 Å². The highest BCUT2D eigenvalue weighted by atomic mass is 32.2. The third-order valence-corrected chi connectivity index (χ3v) is 6.87. The van der Waals surface area contributed by atoms with Crippen LogP contribution in [0.15, 0.2) is 35.7 Å². The summed E-state index contributed by atoms with van der Waals surface area (Å²) in [5.41, 5.74) is 0. The number of benzene rings is 1. The Hall–Kier alpha value is -2.10. The average molecular weight is 410 g/mol. The van der Waals surface area contributed by atoms with Crippen molar-refractivity contribution in [1.29, 1.82) is 0 Å². The van der Waals surface area contributed by atoms with Crippen LogP contribution in [0.2, 0.25) is 0 Å². The maximum absolute atomic E-state index is 13.0. The largest absolute Gasteiger partial charge is 0.490 e. The number of piperazine rings is 1. The van der Waals surface area contributed by atoms with Crippen molar-refractivity contribution in [2.24, 2.45) is 0 Å². The Kier molecular flexibility index (Phi) is 6.58. The Labute approximate surface area is 166 Å². The molecule has 1 amide bonds. The van der Waals surface area contributed by atoms with E-state index in [4.69, 9.17) is 9.47 Å². The Morgan fingerprint density at radius 1 is 1.21 bits per heavy atom. The van der Waals surface area contributed by atoms with Crippen molar-refractivity contribution < 1.29 is 22.7 Å². The molecule has 2 heterocycles. The molecule has 8 nitrogen and oxygen atoms in total. The number of nitrogens with one attached hydrogen (secondary N) is 1. The highest BCUT2D eigenvalue weighted by Crippen LogP contribution is 2.33. The summed E-state index contributed by atoms with van der Waals surface area (Å²) >= 11 is 0. The summed E-state index contributed by atoms with van der Waals surface area (Å²) in [4.78, 5) is 14.3. The number of sulfonamides is 1. The Morgan fingerprint density at radius 3 is 2.57 bits per heavy atom. The van der Waals surface area contributed by atoms with E-state index >= 15 is 0 Å². The van der Waals surface area contributed by atoms with Gasteiger partial charge in [-0.05, 0) is 19.1 Å². The van der Waals surface area contributed by atoms with Gasteiger partial charge >= 0.3 is 0 Å². The molecule has 28 heavy (non-hydrogen) atoms. The number of hydrogen-bond donors (Lipinski definition) is 1. The molecule has 1 N–H and O–H groups in total. The maximum atomic E-state index is 13.0. The van der Waals surface area contributed by atoms with E-state index in [1.54, 1.807) is 18.2 Å². The average Bonchev–Trinajstić information content (AvgIpc) is 2.96. The minimum Gasteiger partial charge on any atom is -0.490 e. The molecular formula is C19H27N3O5S. The second-order valence-corrected chi connectivity index (χ2v) is 8.75. The fourth-order valence-electron chi connectivity index (χ4n) is 3.27. The molecule has 9 heteroatoms. The van der Waals surface area contributed by atoms with Crippen molar-refractivity contribution in [3.05, 3.63) is 30.9 Å². The van der Waals surface area contributed by atoms with Gasteiger partial charge in [0.15, 0.2) is 11.5 Å². The number of ether oxygens (including phenoxy) is 2. The van der Waals surface area contributed by atoms with Crippen molar-refractivity contribution in [2.45, 2.75) is 24.3 Å². The van der Waals surface area contributed by atoms with E-state index < -0.39 is 10.0 Å². The van der Waals surface area contributed by atoms with E-state index in [1.165, 1.54) is 10.4 Å². The van der Waals surface area contributed by atoms with Gasteiger partial charge in [-0.2, -0.15) is 4.31 Å². The Balaban J connectivity index is 1.65. The van der Waals surface area contributed by atoms with Crippen LogP contribution in [0.4, 0.5) is 0 Å². The van der Waals surface area contributed by atoms with E-state index in [2.05, 4.69) is 11.9 Å². The summed E-state index contributed by atoms with van der Waals surface area (Å²) in [6.07, 6.45) is 2.39. The van der Waals surface area contributed by atoms with Crippen LogP contribution in [0.5, 0.6) is 11.5 Å². The number of nitrogens with zero attached hydrogens (tertiary/aromatic N) is 2. The lowest BCUT2D eigenvalue weighted by atomic mass is 10.2. The van der Waals surface area contributed by atoms with E-state index in [-0.39, 0.29) is 16.8 Å².